The molecule has 1 saturated heterocycles. The lowest BCUT2D eigenvalue weighted by Gasteiger charge is -2.36. The first-order valence-corrected chi connectivity index (χ1v) is 6.98. The molecule has 0 aromatic carbocycles. The first-order chi connectivity index (χ1) is 6.64. The van der Waals surface area contributed by atoms with E-state index in [9.17, 15) is 4.21 Å². The average Bonchev–Trinajstić information content (AvgIpc) is 2.90. The highest BCUT2D eigenvalue weighted by molar-refractivity contribution is 7.86. The zero-order valence-corrected chi connectivity index (χ0v) is 9.90. The molecular formula is C10H20N2OS. The van der Waals surface area contributed by atoms with Crippen LogP contribution in [0.1, 0.15) is 19.8 Å². The van der Waals surface area contributed by atoms with Crippen LogP contribution in [0.5, 0.6) is 0 Å². The molecule has 14 heavy (non-hydrogen) atoms. The largest absolute Gasteiger partial charge is 0.314 e. The topological polar surface area (TPSA) is 32.3 Å². The van der Waals surface area contributed by atoms with Gasteiger partial charge in [0.2, 0.25) is 0 Å². The number of rotatable bonds is 3. The third-order valence-corrected chi connectivity index (χ3v) is 5.30. The van der Waals surface area contributed by atoms with Crippen molar-refractivity contribution in [3.8, 4) is 0 Å². The van der Waals surface area contributed by atoms with Gasteiger partial charge in [0, 0.05) is 49.3 Å². The second-order valence-corrected chi connectivity index (χ2v) is 6.44. The monoisotopic (exact) mass is 216 g/mol. The summed E-state index contributed by atoms with van der Waals surface area (Å²) >= 11 is 0. The van der Waals surface area contributed by atoms with E-state index < -0.39 is 10.8 Å². The Morgan fingerprint density at radius 2 is 2.29 bits per heavy atom. The molecule has 2 atom stereocenters. The van der Waals surface area contributed by atoms with Gasteiger partial charge in [0.25, 0.3) is 0 Å². The van der Waals surface area contributed by atoms with E-state index >= 15 is 0 Å². The minimum absolute atomic E-state index is 0.158. The number of nitrogens with zero attached hydrogens (tertiary/aromatic N) is 1. The van der Waals surface area contributed by atoms with Crippen molar-refractivity contribution in [2.24, 2.45) is 0 Å². The molecule has 0 radical (unpaired) electrons. The fourth-order valence-corrected chi connectivity index (χ4v) is 3.19. The van der Waals surface area contributed by atoms with E-state index in [1.54, 1.807) is 0 Å². The van der Waals surface area contributed by atoms with Crippen LogP contribution in [-0.2, 0) is 10.8 Å². The minimum Gasteiger partial charge on any atom is -0.314 e. The van der Waals surface area contributed by atoms with Crippen LogP contribution >= 0.6 is 0 Å². The Morgan fingerprint density at radius 1 is 1.57 bits per heavy atom. The molecule has 1 heterocycles. The predicted octanol–water partition coefficient (Wildman–Crippen LogP) is 0.191. The summed E-state index contributed by atoms with van der Waals surface area (Å²) in [5, 5.41) is 3.38. The second kappa shape index (κ2) is 3.91. The third kappa shape index (κ3) is 2.02. The maximum absolute atomic E-state index is 11.6. The van der Waals surface area contributed by atoms with E-state index in [0.29, 0.717) is 6.04 Å². The van der Waals surface area contributed by atoms with Crippen molar-refractivity contribution in [1.82, 2.24) is 10.2 Å². The van der Waals surface area contributed by atoms with E-state index in [1.165, 1.54) is 0 Å². The molecule has 0 aromatic rings. The molecule has 2 fully saturated rings. The van der Waals surface area contributed by atoms with Crippen LogP contribution in [0.15, 0.2) is 0 Å². The molecule has 1 saturated carbocycles. The van der Waals surface area contributed by atoms with E-state index in [4.69, 9.17) is 0 Å². The second-order valence-electron chi connectivity index (χ2n) is 4.66. The molecule has 0 bridgehead atoms. The van der Waals surface area contributed by atoms with Gasteiger partial charge in [0.15, 0.2) is 0 Å². The van der Waals surface area contributed by atoms with Crippen LogP contribution in [-0.4, -0.2) is 52.3 Å². The zero-order valence-electron chi connectivity index (χ0n) is 9.08. The molecule has 2 rings (SSSR count). The third-order valence-electron chi connectivity index (χ3n) is 3.55. The molecule has 1 aliphatic heterocycles. The van der Waals surface area contributed by atoms with Gasteiger partial charge in [-0.25, -0.2) is 0 Å². The Kier molecular flexibility index (Phi) is 2.96. The highest BCUT2D eigenvalue weighted by Gasteiger charge is 2.48. The van der Waals surface area contributed by atoms with Crippen LogP contribution in [0.4, 0.5) is 0 Å². The Labute approximate surface area is 88.7 Å². The number of hydrogen-bond donors (Lipinski definition) is 1. The fraction of sp³-hybridized carbons (Fsp3) is 1.00. The van der Waals surface area contributed by atoms with Gasteiger partial charge in [-0.15, -0.1) is 0 Å². The van der Waals surface area contributed by atoms with Gasteiger partial charge in [-0.05, 0) is 19.8 Å². The summed E-state index contributed by atoms with van der Waals surface area (Å²) < 4.78 is 11.7. The average molecular weight is 216 g/mol. The van der Waals surface area contributed by atoms with Crippen LogP contribution in [0, 0.1) is 0 Å². The highest BCUT2D eigenvalue weighted by Crippen LogP contribution is 2.42. The van der Waals surface area contributed by atoms with E-state index in [2.05, 4.69) is 17.1 Å². The SMILES string of the molecule is CC1CNCCN1CC1(S(C)=O)CC1. The number of piperazine rings is 1. The van der Waals surface area contributed by atoms with Crippen molar-refractivity contribution in [3.05, 3.63) is 0 Å². The first-order valence-electron chi connectivity index (χ1n) is 5.42. The molecule has 0 aromatic heterocycles. The lowest BCUT2D eigenvalue weighted by molar-refractivity contribution is 0.171. The zero-order chi connectivity index (χ0) is 10.2. The summed E-state index contributed by atoms with van der Waals surface area (Å²) in [7, 11) is -0.643. The van der Waals surface area contributed by atoms with Gasteiger partial charge in [0.05, 0.1) is 4.75 Å². The van der Waals surface area contributed by atoms with Crippen LogP contribution in [0.25, 0.3) is 0 Å². The number of nitrogens with one attached hydrogen (secondary N) is 1. The normalized spacial score (nSPS) is 34.0. The summed E-state index contributed by atoms with van der Waals surface area (Å²) in [5.41, 5.74) is 0. The predicted molar refractivity (Wildman–Crippen MR) is 59.9 cm³/mol. The fourth-order valence-electron chi connectivity index (χ4n) is 2.16. The van der Waals surface area contributed by atoms with Crippen molar-refractivity contribution >= 4 is 10.8 Å². The van der Waals surface area contributed by atoms with Crippen LogP contribution < -0.4 is 5.32 Å². The number of hydrogen-bond acceptors (Lipinski definition) is 3. The Morgan fingerprint density at radius 3 is 2.79 bits per heavy atom. The van der Waals surface area contributed by atoms with Crippen molar-refractivity contribution in [2.45, 2.75) is 30.6 Å². The summed E-state index contributed by atoms with van der Waals surface area (Å²) in [6.07, 6.45) is 4.18. The quantitative estimate of drug-likeness (QED) is 0.731. The van der Waals surface area contributed by atoms with E-state index in [0.717, 1.165) is 39.0 Å². The Bertz CT molecular complexity index is 240. The van der Waals surface area contributed by atoms with E-state index in [1.807, 2.05) is 6.26 Å². The summed E-state index contributed by atoms with van der Waals surface area (Å²) in [6, 6.07) is 0.602. The maximum Gasteiger partial charge on any atom is 0.0584 e. The maximum atomic E-state index is 11.6. The molecule has 82 valence electrons. The van der Waals surface area contributed by atoms with Gasteiger partial charge >= 0.3 is 0 Å². The standard InChI is InChI=1S/C10H20N2OS/c1-9-7-11-5-6-12(9)8-10(3-4-10)14(2)13/h9,11H,3-8H2,1-2H3. The molecule has 1 aliphatic carbocycles. The van der Waals surface area contributed by atoms with Crippen LogP contribution in [0.2, 0.25) is 0 Å². The van der Waals surface area contributed by atoms with Crippen molar-refractivity contribution in [2.75, 3.05) is 32.4 Å². The molecule has 1 N–H and O–H groups in total. The molecule has 4 heteroatoms. The van der Waals surface area contributed by atoms with Gasteiger partial charge in [0.1, 0.15) is 0 Å². The lowest BCUT2D eigenvalue weighted by atomic mass is 10.2. The van der Waals surface area contributed by atoms with Gasteiger partial charge < -0.3 is 5.32 Å². The molecule has 0 spiro atoms. The Hall–Kier alpha value is 0.0700. The smallest absolute Gasteiger partial charge is 0.0584 e. The molecule has 2 unspecified atom stereocenters. The molecule has 3 nitrogen and oxygen atoms in total. The Balaban J connectivity index is 1.93. The van der Waals surface area contributed by atoms with Gasteiger partial charge in [-0.3, -0.25) is 9.11 Å². The molecule has 2 aliphatic rings. The van der Waals surface area contributed by atoms with Crippen molar-refractivity contribution in [3.63, 3.8) is 0 Å². The van der Waals surface area contributed by atoms with Gasteiger partial charge in [-0.1, -0.05) is 0 Å². The van der Waals surface area contributed by atoms with Crippen LogP contribution in [0.3, 0.4) is 0 Å². The minimum atomic E-state index is -0.643. The van der Waals surface area contributed by atoms with Crippen molar-refractivity contribution < 1.29 is 4.21 Å². The van der Waals surface area contributed by atoms with Crippen molar-refractivity contribution in [1.29, 1.82) is 0 Å². The lowest BCUT2D eigenvalue weighted by Crippen LogP contribution is -2.52. The summed E-state index contributed by atoms with van der Waals surface area (Å²) in [6.45, 7) is 6.56. The summed E-state index contributed by atoms with van der Waals surface area (Å²) in [4.78, 5) is 2.49. The van der Waals surface area contributed by atoms with E-state index in [-0.39, 0.29) is 4.75 Å². The molecular weight excluding hydrogens is 196 g/mol. The highest BCUT2D eigenvalue weighted by atomic mass is 32.2. The van der Waals surface area contributed by atoms with Gasteiger partial charge in [-0.2, -0.15) is 0 Å². The molecule has 0 amide bonds. The first kappa shape index (κ1) is 10.6. The summed E-state index contributed by atoms with van der Waals surface area (Å²) in [5.74, 6) is 0.